The van der Waals surface area contributed by atoms with E-state index >= 15 is 0 Å². The number of methoxy groups -OCH3 is 1. The van der Waals surface area contributed by atoms with Crippen molar-refractivity contribution >= 4 is 55.9 Å². The molecule has 0 amide bonds. The van der Waals surface area contributed by atoms with E-state index in [0.29, 0.717) is 10.8 Å². The first-order valence-electron chi connectivity index (χ1n) is 8.80. The van der Waals surface area contributed by atoms with E-state index in [-0.39, 0.29) is 11.9 Å². The molecule has 0 bridgehead atoms. The number of nitrogens with one attached hydrogen (secondary N) is 1. The maximum Gasteiger partial charge on any atom is 0.311 e. The van der Waals surface area contributed by atoms with E-state index < -0.39 is 0 Å². The zero-order valence-electron chi connectivity index (χ0n) is 15.2. The molecule has 28 heavy (non-hydrogen) atoms. The minimum atomic E-state index is -0.138. The normalized spacial score (nSPS) is 14.7. The van der Waals surface area contributed by atoms with Crippen LogP contribution in [0.25, 0.3) is 10.9 Å². The van der Waals surface area contributed by atoms with Crippen molar-refractivity contribution in [1.29, 1.82) is 0 Å². The Kier molecular flexibility index (Phi) is 5.48. The lowest BCUT2D eigenvalue weighted by Crippen LogP contribution is -2.49. The molecular weight excluding hydrogens is 444 g/mol. The van der Waals surface area contributed by atoms with Crippen LogP contribution in [-0.2, 0) is 16.1 Å². The lowest BCUT2D eigenvalue weighted by atomic mass is 9.99. The standard InChI is InChI=1S/C20H18BrClN4O2/c1-28-20(27)14-10-26(11-14)9-12-7-13-5-6-23-19(18(13)24-8-12)25-16-4-2-3-15(21)17(16)22/h2-8,14H,9-11H2,1H3,(H,23,25). The molecular formula is C20H18BrClN4O2. The predicted octanol–water partition coefficient (Wildman–Crippen LogP) is 4.39. The monoisotopic (exact) mass is 460 g/mol. The number of esters is 1. The summed E-state index contributed by atoms with van der Waals surface area (Å²) in [6.45, 7) is 2.18. The van der Waals surface area contributed by atoms with Gasteiger partial charge in [-0.1, -0.05) is 17.7 Å². The van der Waals surface area contributed by atoms with E-state index in [0.717, 1.165) is 46.3 Å². The van der Waals surface area contributed by atoms with E-state index in [4.69, 9.17) is 16.3 Å². The van der Waals surface area contributed by atoms with Gasteiger partial charge in [-0.3, -0.25) is 14.7 Å². The molecule has 0 radical (unpaired) electrons. The third-order valence-electron chi connectivity index (χ3n) is 4.76. The number of halogens is 2. The van der Waals surface area contributed by atoms with Crippen LogP contribution in [-0.4, -0.2) is 41.0 Å². The second kappa shape index (κ2) is 8.03. The van der Waals surface area contributed by atoms with E-state index in [2.05, 4.69) is 42.2 Å². The molecule has 6 nitrogen and oxygen atoms in total. The molecule has 2 aromatic heterocycles. The lowest BCUT2D eigenvalue weighted by Gasteiger charge is -2.37. The van der Waals surface area contributed by atoms with Crippen LogP contribution in [0.5, 0.6) is 0 Å². The zero-order valence-corrected chi connectivity index (χ0v) is 17.5. The number of benzene rings is 1. The number of pyridine rings is 2. The van der Waals surface area contributed by atoms with Gasteiger partial charge in [0, 0.05) is 41.9 Å². The molecule has 1 aromatic carbocycles. The van der Waals surface area contributed by atoms with Crippen molar-refractivity contribution in [3.63, 3.8) is 0 Å². The van der Waals surface area contributed by atoms with Crippen molar-refractivity contribution in [2.24, 2.45) is 5.92 Å². The van der Waals surface area contributed by atoms with Gasteiger partial charge in [0.2, 0.25) is 0 Å². The summed E-state index contributed by atoms with van der Waals surface area (Å²) in [5.74, 6) is 0.494. The molecule has 1 N–H and O–H groups in total. The zero-order chi connectivity index (χ0) is 19.7. The van der Waals surface area contributed by atoms with Crippen molar-refractivity contribution < 1.29 is 9.53 Å². The highest BCUT2D eigenvalue weighted by Gasteiger charge is 2.33. The Morgan fingerprint density at radius 3 is 2.96 bits per heavy atom. The van der Waals surface area contributed by atoms with Gasteiger partial charge in [-0.25, -0.2) is 4.98 Å². The summed E-state index contributed by atoms with van der Waals surface area (Å²) in [6, 6.07) is 9.72. The molecule has 3 heterocycles. The molecule has 1 saturated heterocycles. The lowest BCUT2D eigenvalue weighted by molar-refractivity contribution is -0.151. The molecule has 144 valence electrons. The van der Waals surface area contributed by atoms with Gasteiger partial charge in [0.05, 0.1) is 23.7 Å². The Morgan fingerprint density at radius 2 is 2.18 bits per heavy atom. The Bertz CT molecular complexity index is 1040. The quantitative estimate of drug-likeness (QED) is 0.568. The topological polar surface area (TPSA) is 67.3 Å². The highest BCUT2D eigenvalue weighted by molar-refractivity contribution is 9.10. The van der Waals surface area contributed by atoms with Crippen LogP contribution >= 0.6 is 27.5 Å². The van der Waals surface area contributed by atoms with Crippen molar-refractivity contribution in [3.8, 4) is 0 Å². The average molecular weight is 462 g/mol. The Morgan fingerprint density at radius 1 is 1.36 bits per heavy atom. The first-order valence-corrected chi connectivity index (χ1v) is 9.97. The first kappa shape index (κ1) is 19.1. The molecule has 0 atom stereocenters. The van der Waals surface area contributed by atoms with Gasteiger partial charge in [0.15, 0.2) is 5.82 Å². The van der Waals surface area contributed by atoms with Crippen molar-refractivity contribution in [1.82, 2.24) is 14.9 Å². The fourth-order valence-corrected chi connectivity index (χ4v) is 3.82. The number of fused-ring (bicyclic) bond motifs is 1. The van der Waals surface area contributed by atoms with Gasteiger partial charge in [0.1, 0.15) is 5.52 Å². The second-order valence-corrected chi connectivity index (χ2v) is 7.95. The summed E-state index contributed by atoms with van der Waals surface area (Å²) in [5.41, 5.74) is 2.63. The number of rotatable bonds is 5. The molecule has 3 aromatic rings. The maximum absolute atomic E-state index is 11.5. The summed E-state index contributed by atoms with van der Waals surface area (Å²) in [6.07, 6.45) is 3.60. The summed E-state index contributed by atoms with van der Waals surface area (Å²) in [4.78, 5) is 22.7. The fourth-order valence-electron chi connectivity index (χ4n) is 3.28. The highest BCUT2D eigenvalue weighted by Crippen LogP contribution is 2.33. The van der Waals surface area contributed by atoms with Crippen LogP contribution in [0, 0.1) is 5.92 Å². The molecule has 1 aliphatic rings. The molecule has 1 aliphatic heterocycles. The number of carbonyl (C=O) groups is 1. The summed E-state index contributed by atoms with van der Waals surface area (Å²) in [7, 11) is 1.43. The van der Waals surface area contributed by atoms with Crippen LogP contribution in [0.4, 0.5) is 11.5 Å². The predicted molar refractivity (Wildman–Crippen MR) is 113 cm³/mol. The molecule has 0 unspecified atom stereocenters. The van der Waals surface area contributed by atoms with Crippen molar-refractivity contribution in [2.75, 3.05) is 25.5 Å². The van der Waals surface area contributed by atoms with Gasteiger partial charge < -0.3 is 10.1 Å². The number of carbonyl (C=O) groups excluding carboxylic acids is 1. The number of hydrogen-bond acceptors (Lipinski definition) is 6. The third kappa shape index (κ3) is 3.83. The molecule has 0 spiro atoms. The molecule has 0 aliphatic carbocycles. The Labute approximate surface area is 176 Å². The van der Waals surface area contributed by atoms with Crippen molar-refractivity contribution in [2.45, 2.75) is 6.54 Å². The van der Waals surface area contributed by atoms with E-state index in [1.54, 1.807) is 6.20 Å². The number of likely N-dealkylation sites (tertiary alicyclic amines) is 1. The van der Waals surface area contributed by atoms with Crippen LogP contribution in [0.3, 0.4) is 0 Å². The average Bonchev–Trinajstić information content (AvgIpc) is 2.67. The molecule has 0 saturated carbocycles. The second-order valence-electron chi connectivity index (χ2n) is 6.72. The van der Waals surface area contributed by atoms with Crippen molar-refractivity contribution in [3.05, 3.63) is 57.8 Å². The summed E-state index contributed by atoms with van der Waals surface area (Å²) in [5, 5.41) is 4.85. The van der Waals surface area contributed by atoms with Crippen LogP contribution in [0.2, 0.25) is 5.02 Å². The van der Waals surface area contributed by atoms with E-state index in [1.165, 1.54) is 7.11 Å². The smallest absolute Gasteiger partial charge is 0.311 e. The summed E-state index contributed by atoms with van der Waals surface area (Å²) < 4.78 is 5.60. The molecule has 4 rings (SSSR count). The van der Waals surface area contributed by atoms with Gasteiger partial charge in [-0.15, -0.1) is 0 Å². The van der Waals surface area contributed by atoms with Gasteiger partial charge in [-0.2, -0.15) is 0 Å². The number of nitrogens with zero attached hydrogens (tertiary/aromatic N) is 3. The number of aromatic nitrogens is 2. The van der Waals surface area contributed by atoms with E-state index in [1.807, 2.05) is 30.5 Å². The van der Waals surface area contributed by atoms with Crippen LogP contribution in [0.15, 0.2) is 47.2 Å². The van der Waals surface area contributed by atoms with Crippen LogP contribution in [0.1, 0.15) is 5.56 Å². The molecule has 8 heteroatoms. The van der Waals surface area contributed by atoms with E-state index in [9.17, 15) is 4.79 Å². The maximum atomic E-state index is 11.5. The van der Waals surface area contributed by atoms with Crippen LogP contribution < -0.4 is 5.32 Å². The minimum Gasteiger partial charge on any atom is -0.469 e. The fraction of sp³-hybridized carbons (Fsp3) is 0.250. The molecule has 1 fully saturated rings. The van der Waals surface area contributed by atoms with Gasteiger partial charge in [0.25, 0.3) is 0 Å². The third-order valence-corrected chi connectivity index (χ3v) is 6.05. The number of anilines is 2. The summed E-state index contributed by atoms with van der Waals surface area (Å²) >= 11 is 9.78. The minimum absolute atomic E-state index is 0.0200. The largest absolute Gasteiger partial charge is 0.469 e. The number of hydrogen-bond donors (Lipinski definition) is 1. The Hall–Kier alpha value is -2.22. The highest BCUT2D eigenvalue weighted by atomic mass is 79.9. The Balaban J connectivity index is 1.52. The SMILES string of the molecule is COC(=O)C1CN(Cc2cnc3c(Nc4cccc(Br)c4Cl)nccc3c2)C1. The first-order chi connectivity index (χ1) is 13.5. The van der Waals surface area contributed by atoms with Gasteiger partial charge in [-0.05, 0) is 45.8 Å². The van der Waals surface area contributed by atoms with Gasteiger partial charge >= 0.3 is 5.97 Å². The number of ether oxygens (including phenoxy) is 1.